The zero-order chi connectivity index (χ0) is 11.7. The van der Waals surface area contributed by atoms with Gasteiger partial charge in [-0.05, 0) is 18.2 Å². The van der Waals surface area contributed by atoms with Gasteiger partial charge in [0.05, 0.1) is 23.2 Å². The van der Waals surface area contributed by atoms with E-state index in [1.165, 1.54) is 4.90 Å². The molecule has 0 radical (unpaired) electrons. The number of anilines is 1. The molecule has 4 nitrogen and oxygen atoms in total. The lowest BCUT2D eigenvalue weighted by atomic mass is 10.3. The molecular weight excluding hydrogens is 253 g/mol. The monoisotopic (exact) mass is 261 g/mol. The van der Waals surface area contributed by atoms with Crippen LogP contribution in [0.3, 0.4) is 0 Å². The minimum atomic E-state index is -0.488. The van der Waals surface area contributed by atoms with Crippen molar-refractivity contribution in [2.24, 2.45) is 0 Å². The minimum absolute atomic E-state index is 0.191. The summed E-state index contributed by atoms with van der Waals surface area (Å²) in [4.78, 5) is 12.9. The van der Waals surface area contributed by atoms with Crippen LogP contribution >= 0.6 is 23.2 Å². The quantitative estimate of drug-likeness (QED) is 0.889. The van der Waals surface area contributed by atoms with E-state index in [4.69, 9.17) is 33.0 Å². The summed E-state index contributed by atoms with van der Waals surface area (Å²) in [5.41, 5.74) is 0.607. The molecule has 0 bridgehead atoms. The van der Waals surface area contributed by atoms with Crippen molar-refractivity contribution in [3.8, 4) is 0 Å². The summed E-state index contributed by atoms with van der Waals surface area (Å²) < 4.78 is 4.91. The van der Waals surface area contributed by atoms with Crippen LogP contribution < -0.4 is 4.90 Å². The molecule has 1 fully saturated rings. The van der Waals surface area contributed by atoms with E-state index < -0.39 is 12.2 Å². The molecule has 1 atom stereocenters. The normalized spacial score (nSPS) is 20.1. The Kier molecular flexibility index (Phi) is 3.23. The number of hydrogen-bond donors (Lipinski definition) is 1. The average molecular weight is 262 g/mol. The lowest BCUT2D eigenvalue weighted by Crippen LogP contribution is -2.25. The first-order valence-electron chi connectivity index (χ1n) is 4.66. The molecule has 1 aromatic rings. The summed E-state index contributed by atoms with van der Waals surface area (Å²) in [5, 5.41) is 9.70. The molecule has 1 aromatic carbocycles. The number of benzene rings is 1. The van der Waals surface area contributed by atoms with Crippen molar-refractivity contribution in [3.63, 3.8) is 0 Å². The van der Waals surface area contributed by atoms with Crippen molar-refractivity contribution in [2.45, 2.75) is 6.10 Å². The van der Waals surface area contributed by atoms with Gasteiger partial charge in [0, 0.05) is 5.69 Å². The van der Waals surface area contributed by atoms with E-state index in [-0.39, 0.29) is 6.61 Å². The van der Waals surface area contributed by atoms with Crippen molar-refractivity contribution in [3.05, 3.63) is 28.2 Å². The Hall–Kier alpha value is -0.970. The highest BCUT2D eigenvalue weighted by molar-refractivity contribution is 6.42. The topological polar surface area (TPSA) is 49.8 Å². The Balaban J connectivity index is 2.24. The van der Waals surface area contributed by atoms with Crippen LogP contribution in [0.4, 0.5) is 10.5 Å². The van der Waals surface area contributed by atoms with Gasteiger partial charge in [-0.2, -0.15) is 0 Å². The van der Waals surface area contributed by atoms with Gasteiger partial charge < -0.3 is 9.84 Å². The van der Waals surface area contributed by atoms with Gasteiger partial charge in [0.1, 0.15) is 6.10 Å². The van der Waals surface area contributed by atoms with E-state index >= 15 is 0 Å². The molecule has 2 rings (SSSR count). The van der Waals surface area contributed by atoms with Crippen LogP contribution in [0.15, 0.2) is 18.2 Å². The van der Waals surface area contributed by atoms with Gasteiger partial charge in [0.15, 0.2) is 0 Å². The van der Waals surface area contributed by atoms with Crippen molar-refractivity contribution in [1.82, 2.24) is 0 Å². The van der Waals surface area contributed by atoms with Crippen LogP contribution in [0.5, 0.6) is 0 Å². The third kappa shape index (κ3) is 2.09. The molecule has 0 unspecified atom stereocenters. The van der Waals surface area contributed by atoms with Gasteiger partial charge in [0.2, 0.25) is 0 Å². The van der Waals surface area contributed by atoms with E-state index in [0.29, 0.717) is 22.3 Å². The highest BCUT2D eigenvalue weighted by atomic mass is 35.5. The fourth-order valence-electron chi connectivity index (χ4n) is 1.48. The maximum Gasteiger partial charge on any atom is 0.414 e. The van der Waals surface area contributed by atoms with Crippen LogP contribution in [-0.4, -0.2) is 30.5 Å². The average Bonchev–Trinajstić information content (AvgIpc) is 2.64. The van der Waals surface area contributed by atoms with E-state index in [9.17, 15) is 4.79 Å². The molecule has 16 heavy (non-hydrogen) atoms. The minimum Gasteiger partial charge on any atom is -0.441 e. The zero-order valence-electron chi connectivity index (χ0n) is 8.19. The van der Waals surface area contributed by atoms with Crippen molar-refractivity contribution in [1.29, 1.82) is 0 Å². The number of carbonyl (C=O) groups excluding carboxylic acids is 1. The molecule has 1 saturated heterocycles. The number of nitrogens with zero attached hydrogens (tertiary/aromatic N) is 1. The van der Waals surface area contributed by atoms with Gasteiger partial charge in [-0.1, -0.05) is 23.2 Å². The van der Waals surface area contributed by atoms with Crippen LogP contribution in [0.25, 0.3) is 0 Å². The Morgan fingerprint density at radius 2 is 2.19 bits per heavy atom. The molecule has 0 aliphatic carbocycles. The van der Waals surface area contributed by atoms with Crippen LogP contribution in [-0.2, 0) is 4.74 Å². The molecule has 1 amide bonds. The third-order valence-corrected chi connectivity index (χ3v) is 3.03. The number of hydrogen-bond acceptors (Lipinski definition) is 3. The number of halogens is 2. The highest BCUT2D eigenvalue weighted by Crippen LogP contribution is 2.29. The van der Waals surface area contributed by atoms with Crippen molar-refractivity contribution >= 4 is 35.0 Å². The summed E-state index contributed by atoms with van der Waals surface area (Å²) in [6.45, 7) is 0.122. The van der Waals surface area contributed by atoms with Crippen molar-refractivity contribution in [2.75, 3.05) is 18.1 Å². The molecule has 1 heterocycles. The van der Waals surface area contributed by atoms with Crippen LogP contribution in [0, 0.1) is 0 Å². The Labute approximate surface area is 102 Å². The predicted molar refractivity (Wildman–Crippen MR) is 61.2 cm³/mol. The molecule has 86 valence electrons. The molecule has 0 spiro atoms. The van der Waals surface area contributed by atoms with Gasteiger partial charge >= 0.3 is 6.09 Å². The number of aliphatic hydroxyl groups excluding tert-OH is 1. The van der Waals surface area contributed by atoms with Crippen LogP contribution in [0.1, 0.15) is 0 Å². The fraction of sp³-hybridized carbons (Fsp3) is 0.300. The molecule has 1 aliphatic heterocycles. The standard InChI is InChI=1S/C10H9Cl2NO3/c11-8-2-1-6(3-9(8)12)13-4-7(5-14)16-10(13)15/h1-3,7,14H,4-5H2/t7-/m1/s1. The summed E-state index contributed by atoms with van der Waals surface area (Å²) >= 11 is 11.6. The van der Waals surface area contributed by atoms with Gasteiger partial charge in [0.25, 0.3) is 0 Å². The summed E-state index contributed by atoms with van der Waals surface area (Å²) in [7, 11) is 0. The second-order valence-electron chi connectivity index (χ2n) is 3.40. The van der Waals surface area contributed by atoms with E-state index in [2.05, 4.69) is 0 Å². The largest absolute Gasteiger partial charge is 0.441 e. The van der Waals surface area contributed by atoms with E-state index in [1.807, 2.05) is 0 Å². The van der Waals surface area contributed by atoms with Gasteiger partial charge in [-0.15, -0.1) is 0 Å². The summed E-state index contributed by atoms with van der Waals surface area (Å²) in [6, 6.07) is 4.87. The predicted octanol–water partition coefficient (Wildman–Crippen LogP) is 2.31. The number of rotatable bonds is 2. The molecular formula is C10H9Cl2NO3. The first-order valence-corrected chi connectivity index (χ1v) is 5.41. The smallest absolute Gasteiger partial charge is 0.414 e. The maximum absolute atomic E-state index is 11.5. The second-order valence-corrected chi connectivity index (χ2v) is 4.21. The number of cyclic esters (lactones) is 1. The zero-order valence-corrected chi connectivity index (χ0v) is 9.70. The Morgan fingerprint density at radius 1 is 1.44 bits per heavy atom. The van der Waals surface area contributed by atoms with E-state index in [1.54, 1.807) is 18.2 Å². The molecule has 0 aromatic heterocycles. The highest BCUT2D eigenvalue weighted by Gasteiger charge is 2.31. The second kappa shape index (κ2) is 4.49. The SMILES string of the molecule is O=C1O[C@@H](CO)CN1c1ccc(Cl)c(Cl)c1. The number of aliphatic hydroxyl groups is 1. The van der Waals surface area contributed by atoms with Gasteiger partial charge in [-0.3, -0.25) is 4.90 Å². The number of amides is 1. The summed E-state index contributed by atoms with van der Waals surface area (Å²) in [6.07, 6.45) is -0.973. The first kappa shape index (κ1) is 11.5. The molecule has 1 aliphatic rings. The van der Waals surface area contributed by atoms with E-state index in [0.717, 1.165) is 0 Å². The summed E-state index contributed by atoms with van der Waals surface area (Å²) in [5.74, 6) is 0. The lowest BCUT2D eigenvalue weighted by molar-refractivity contribution is 0.0963. The molecule has 0 saturated carbocycles. The Bertz CT molecular complexity index is 425. The fourth-order valence-corrected chi connectivity index (χ4v) is 1.77. The third-order valence-electron chi connectivity index (χ3n) is 2.29. The molecule has 1 N–H and O–H groups in total. The first-order chi connectivity index (χ1) is 7.61. The maximum atomic E-state index is 11.5. The number of carbonyl (C=O) groups is 1. The molecule has 6 heteroatoms. The number of ether oxygens (including phenoxy) is 1. The lowest BCUT2D eigenvalue weighted by Gasteiger charge is -2.13. The van der Waals surface area contributed by atoms with Crippen molar-refractivity contribution < 1.29 is 14.6 Å². The van der Waals surface area contributed by atoms with Crippen LogP contribution in [0.2, 0.25) is 10.0 Å². The van der Waals surface area contributed by atoms with Gasteiger partial charge in [-0.25, -0.2) is 4.79 Å². The Morgan fingerprint density at radius 3 is 2.75 bits per heavy atom.